The molecule has 0 N–H and O–H groups in total. The van der Waals surface area contributed by atoms with Crippen molar-refractivity contribution in [3.63, 3.8) is 0 Å². The summed E-state index contributed by atoms with van der Waals surface area (Å²) in [5, 5.41) is 8.05. The fourth-order valence-corrected chi connectivity index (χ4v) is 3.56. The van der Waals surface area contributed by atoms with Crippen molar-refractivity contribution in [1.82, 2.24) is 19.9 Å². The van der Waals surface area contributed by atoms with Crippen LogP contribution in [0.1, 0.15) is 37.3 Å². The molecule has 1 amide bonds. The van der Waals surface area contributed by atoms with Crippen molar-refractivity contribution in [1.29, 1.82) is 0 Å². The molecule has 128 valence electrons. The van der Waals surface area contributed by atoms with Crippen LogP contribution in [-0.4, -0.2) is 58.0 Å². The predicted octanol–water partition coefficient (Wildman–Crippen LogP) is 1.58. The molecule has 2 atom stereocenters. The SMILES string of the molecule is CO[C@@H]1CN(C(=O)C2CCC(F)(F)CC2)C[C@H]1c1cn(C)nn1. The maximum atomic E-state index is 13.3. The highest BCUT2D eigenvalue weighted by Gasteiger charge is 2.43. The molecule has 1 aliphatic heterocycles. The van der Waals surface area contributed by atoms with Crippen molar-refractivity contribution in [2.45, 2.75) is 43.6 Å². The van der Waals surface area contributed by atoms with Crippen LogP contribution in [0.25, 0.3) is 0 Å². The van der Waals surface area contributed by atoms with Crippen LogP contribution in [0.3, 0.4) is 0 Å². The molecule has 0 aromatic carbocycles. The fraction of sp³-hybridized carbons (Fsp3) is 0.800. The summed E-state index contributed by atoms with van der Waals surface area (Å²) < 4.78 is 33.6. The number of likely N-dealkylation sites (tertiary alicyclic amines) is 1. The van der Waals surface area contributed by atoms with E-state index in [2.05, 4.69) is 10.3 Å². The monoisotopic (exact) mass is 328 g/mol. The van der Waals surface area contributed by atoms with Gasteiger partial charge in [-0.3, -0.25) is 9.48 Å². The number of carbonyl (C=O) groups is 1. The van der Waals surface area contributed by atoms with Gasteiger partial charge >= 0.3 is 0 Å². The molecule has 0 radical (unpaired) electrons. The van der Waals surface area contributed by atoms with Gasteiger partial charge in [0.1, 0.15) is 0 Å². The maximum absolute atomic E-state index is 13.3. The summed E-state index contributed by atoms with van der Waals surface area (Å²) in [6, 6.07) is 0. The first-order valence-electron chi connectivity index (χ1n) is 7.95. The first-order chi connectivity index (χ1) is 10.9. The molecule has 23 heavy (non-hydrogen) atoms. The minimum absolute atomic E-state index is 0.0253. The van der Waals surface area contributed by atoms with Gasteiger partial charge < -0.3 is 9.64 Å². The lowest BCUT2D eigenvalue weighted by molar-refractivity contribution is -0.139. The van der Waals surface area contributed by atoms with Crippen LogP contribution in [0.2, 0.25) is 0 Å². The van der Waals surface area contributed by atoms with Gasteiger partial charge in [-0.25, -0.2) is 8.78 Å². The molecule has 2 aliphatic rings. The third kappa shape index (κ3) is 3.36. The van der Waals surface area contributed by atoms with E-state index in [4.69, 9.17) is 4.74 Å². The number of hydrogen-bond acceptors (Lipinski definition) is 4. The van der Waals surface area contributed by atoms with Gasteiger partial charge in [-0.05, 0) is 12.8 Å². The first-order valence-corrected chi connectivity index (χ1v) is 7.95. The van der Waals surface area contributed by atoms with Crippen molar-refractivity contribution in [2.24, 2.45) is 13.0 Å². The van der Waals surface area contributed by atoms with E-state index in [-0.39, 0.29) is 49.5 Å². The zero-order valence-electron chi connectivity index (χ0n) is 13.4. The minimum Gasteiger partial charge on any atom is -0.379 e. The number of aryl methyl sites for hydroxylation is 1. The summed E-state index contributed by atoms with van der Waals surface area (Å²) in [5.41, 5.74) is 0.796. The molecule has 1 aromatic heterocycles. The number of alkyl halides is 2. The van der Waals surface area contributed by atoms with Gasteiger partial charge in [0.15, 0.2) is 0 Å². The number of rotatable bonds is 3. The van der Waals surface area contributed by atoms with Gasteiger partial charge in [-0.15, -0.1) is 5.10 Å². The lowest BCUT2D eigenvalue weighted by Gasteiger charge is -2.30. The summed E-state index contributed by atoms with van der Waals surface area (Å²) in [4.78, 5) is 14.4. The maximum Gasteiger partial charge on any atom is 0.248 e. The Hall–Kier alpha value is -1.57. The molecule has 1 saturated carbocycles. The van der Waals surface area contributed by atoms with Gasteiger partial charge in [0.05, 0.1) is 17.7 Å². The summed E-state index contributed by atoms with van der Waals surface area (Å²) >= 11 is 0. The van der Waals surface area contributed by atoms with Crippen LogP contribution in [0.5, 0.6) is 0 Å². The Kier molecular flexibility index (Phi) is 4.35. The van der Waals surface area contributed by atoms with E-state index < -0.39 is 5.92 Å². The smallest absolute Gasteiger partial charge is 0.248 e. The molecule has 6 nitrogen and oxygen atoms in total. The zero-order valence-corrected chi connectivity index (χ0v) is 13.4. The fourth-order valence-electron chi connectivity index (χ4n) is 3.56. The molecular formula is C15H22F2N4O2. The number of methoxy groups -OCH3 is 1. The van der Waals surface area contributed by atoms with Crippen LogP contribution in [0.15, 0.2) is 6.20 Å². The Balaban J connectivity index is 1.66. The second-order valence-corrected chi connectivity index (χ2v) is 6.57. The molecular weight excluding hydrogens is 306 g/mol. The van der Waals surface area contributed by atoms with E-state index >= 15 is 0 Å². The minimum atomic E-state index is -2.61. The normalized spacial score (nSPS) is 28.3. The van der Waals surface area contributed by atoms with Crippen LogP contribution < -0.4 is 0 Å². The van der Waals surface area contributed by atoms with Crippen molar-refractivity contribution >= 4 is 5.91 Å². The molecule has 1 aliphatic carbocycles. The van der Waals surface area contributed by atoms with Gasteiger partial charge in [0.25, 0.3) is 0 Å². The summed E-state index contributed by atoms with van der Waals surface area (Å²) in [5.74, 6) is -2.97. The Bertz CT molecular complexity index is 568. The standard InChI is InChI=1S/C15H22F2N4O2/c1-20-8-12(18-19-20)11-7-21(9-13(11)23-2)14(22)10-3-5-15(16,17)6-4-10/h8,10-11,13H,3-7,9H2,1-2H3/t11-,13+/m0/s1. The zero-order chi connectivity index (χ0) is 16.6. The van der Waals surface area contributed by atoms with Crippen molar-refractivity contribution in [3.8, 4) is 0 Å². The Labute approximate surface area is 133 Å². The van der Waals surface area contributed by atoms with Crippen LogP contribution in [0, 0.1) is 5.92 Å². The number of aromatic nitrogens is 3. The molecule has 8 heteroatoms. The average Bonchev–Trinajstić information content (AvgIpc) is 3.12. The van der Waals surface area contributed by atoms with Gasteiger partial charge in [0.2, 0.25) is 11.8 Å². The van der Waals surface area contributed by atoms with E-state index in [1.807, 2.05) is 6.20 Å². The molecule has 1 aromatic rings. The third-order valence-corrected chi connectivity index (χ3v) is 4.95. The third-order valence-electron chi connectivity index (χ3n) is 4.95. The molecule has 3 rings (SSSR count). The number of hydrogen-bond donors (Lipinski definition) is 0. The molecule has 0 unspecified atom stereocenters. The number of nitrogens with zero attached hydrogens (tertiary/aromatic N) is 4. The van der Waals surface area contributed by atoms with Gasteiger partial charge in [-0.1, -0.05) is 5.21 Å². The van der Waals surface area contributed by atoms with Crippen LogP contribution >= 0.6 is 0 Å². The van der Waals surface area contributed by atoms with Crippen LogP contribution in [-0.2, 0) is 16.6 Å². The Morgan fingerprint density at radius 2 is 2.04 bits per heavy atom. The van der Waals surface area contributed by atoms with E-state index in [1.54, 1.807) is 23.7 Å². The summed E-state index contributed by atoms with van der Waals surface area (Å²) in [6.45, 7) is 0.979. The van der Waals surface area contributed by atoms with Crippen molar-refractivity contribution in [2.75, 3.05) is 20.2 Å². The van der Waals surface area contributed by atoms with Crippen molar-refractivity contribution < 1.29 is 18.3 Å². The average molecular weight is 328 g/mol. The molecule has 2 fully saturated rings. The second kappa shape index (κ2) is 6.14. The first kappa shape index (κ1) is 16.3. The highest BCUT2D eigenvalue weighted by molar-refractivity contribution is 5.79. The van der Waals surface area contributed by atoms with Gasteiger partial charge in [-0.2, -0.15) is 0 Å². The largest absolute Gasteiger partial charge is 0.379 e. The Morgan fingerprint density at radius 1 is 1.35 bits per heavy atom. The highest BCUT2D eigenvalue weighted by Crippen LogP contribution is 2.38. The lowest BCUT2D eigenvalue weighted by atomic mass is 9.86. The van der Waals surface area contributed by atoms with Crippen molar-refractivity contribution in [3.05, 3.63) is 11.9 Å². The summed E-state index contributed by atoms with van der Waals surface area (Å²) in [6.07, 6.45) is 1.81. The number of ether oxygens (including phenoxy) is 1. The van der Waals surface area contributed by atoms with E-state index in [0.717, 1.165) is 5.69 Å². The molecule has 2 heterocycles. The molecule has 1 saturated heterocycles. The predicted molar refractivity (Wildman–Crippen MR) is 78.0 cm³/mol. The second-order valence-electron chi connectivity index (χ2n) is 6.57. The number of amides is 1. The molecule has 0 bridgehead atoms. The quantitative estimate of drug-likeness (QED) is 0.845. The van der Waals surface area contributed by atoms with E-state index in [9.17, 15) is 13.6 Å². The lowest BCUT2D eigenvalue weighted by Crippen LogP contribution is -2.38. The number of carbonyl (C=O) groups excluding carboxylic acids is 1. The topological polar surface area (TPSA) is 60.2 Å². The molecule has 0 spiro atoms. The van der Waals surface area contributed by atoms with E-state index in [0.29, 0.717) is 13.1 Å². The summed E-state index contributed by atoms with van der Waals surface area (Å²) in [7, 11) is 3.40. The Morgan fingerprint density at radius 3 is 2.61 bits per heavy atom. The number of halogens is 2. The highest BCUT2D eigenvalue weighted by atomic mass is 19.3. The van der Waals surface area contributed by atoms with Gasteiger partial charge in [0, 0.05) is 52.2 Å². The van der Waals surface area contributed by atoms with Crippen LogP contribution in [0.4, 0.5) is 8.78 Å². The van der Waals surface area contributed by atoms with E-state index in [1.165, 1.54) is 0 Å².